The summed E-state index contributed by atoms with van der Waals surface area (Å²) in [6, 6.07) is 0. The van der Waals surface area contributed by atoms with Gasteiger partial charge in [0.15, 0.2) is 5.78 Å². The minimum absolute atomic E-state index is 0.0702. The molecule has 0 bridgehead atoms. The molecular weight excluding hydrogens is 200 g/mol. The lowest BCUT2D eigenvalue weighted by molar-refractivity contribution is -0.184. The minimum atomic E-state index is -1.78. The van der Waals surface area contributed by atoms with Gasteiger partial charge >= 0.3 is 11.9 Å². The van der Waals surface area contributed by atoms with Crippen LogP contribution < -0.4 is 0 Å². The first-order chi connectivity index (χ1) is 6.90. The van der Waals surface area contributed by atoms with Crippen molar-refractivity contribution in [3.05, 3.63) is 0 Å². The molecule has 15 heavy (non-hydrogen) atoms. The number of carbonyl (C=O) groups excluding carboxylic acids is 3. The van der Waals surface area contributed by atoms with Gasteiger partial charge in [0.1, 0.15) is 0 Å². The Kier molecular flexibility index (Phi) is 4.97. The van der Waals surface area contributed by atoms with Crippen LogP contribution in [-0.2, 0) is 23.9 Å². The summed E-state index contributed by atoms with van der Waals surface area (Å²) in [5, 5.41) is 0. The third-order valence-electron chi connectivity index (χ3n) is 1.99. The second-order valence-electron chi connectivity index (χ2n) is 3.05. The summed E-state index contributed by atoms with van der Waals surface area (Å²) in [7, 11) is 0. The monoisotopic (exact) mass is 216 g/mol. The number of carbonyl (C=O) groups is 3. The first kappa shape index (κ1) is 13.6. The van der Waals surface area contributed by atoms with Crippen molar-refractivity contribution in [2.24, 2.45) is 0 Å². The molecule has 0 rings (SSSR count). The third-order valence-corrected chi connectivity index (χ3v) is 1.99. The lowest BCUT2D eigenvalue weighted by atomic mass is 9.96. The van der Waals surface area contributed by atoms with Crippen LogP contribution in [0, 0.1) is 0 Å². The van der Waals surface area contributed by atoms with E-state index in [1.165, 1.54) is 6.92 Å². The van der Waals surface area contributed by atoms with E-state index in [0.29, 0.717) is 0 Å². The molecule has 0 aliphatic rings. The molecule has 0 aromatic heterocycles. The van der Waals surface area contributed by atoms with Crippen molar-refractivity contribution < 1.29 is 23.9 Å². The number of hydrogen-bond donors (Lipinski definition) is 0. The van der Waals surface area contributed by atoms with Crippen molar-refractivity contribution in [1.29, 1.82) is 0 Å². The molecule has 0 heterocycles. The number of ketones is 1. The summed E-state index contributed by atoms with van der Waals surface area (Å²) in [5.41, 5.74) is -1.78. The molecule has 86 valence electrons. The molecule has 0 amide bonds. The molecule has 5 nitrogen and oxygen atoms in total. The summed E-state index contributed by atoms with van der Waals surface area (Å²) in [4.78, 5) is 33.8. The predicted octanol–water partition coefficient (Wildman–Crippen LogP) is 0.850. The molecule has 0 radical (unpaired) electrons. The molecule has 0 aliphatic carbocycles. The number of ether oxygens (including phenoxy) is 2. The summed E-state index contributed by atoms with van der Waals surface area (Å²) < 4.78 is 9.52. The largest absolute Gasteiger partial charge is 0.463 e. The zero-order valence-corrected chi connectivity index (χ0v) is 9.46. The molecule has 0 aliphatic heterocycles. The maximum Gasteiger partial charge on any atom is 0.358 e. The standard InChI is InChI=1S/C10H16O5/c1-5-10(7(3)11,15-8(4)12)9(13)14-6-2/h5-6H2,1-4H3/t10-/m1/s1. The normalized spacial score (nSPS) is 13.9. The van der Waals surface area contributed by atoms with E-state index in [1.807, 2.05) is 0 Å². The van der Waals surface area contributed by atoms with Gasteiger partial charge < -0.3 is 9.47 Å². The Morgan fingerprint density at radius 1 is 1.13 bits per heavy atom. The third kappa shape index (κ3) is 3.04. The highest BCUT2D eigenvalue weighted by atomic mass is 16.6. The van der Waals surface area contributed by atoms with Gasteiger partial charge in [-0.25, -0.2) is 4.79 Å². The quantitative estimate of drug-likeness (QED) is 0.503. The highest BCUT2D eigenvalue weighted by molar-refractivity contribution is 6.07. The SMILES string of the molecule is CCOC(=O)[C@](CC)(OC(C)=O)C(C)=O. The highest BCUT2D eigenvalue weighted by Gasteiger charge is 2.46. The summed E-state index contributed by atoms with van der Waals surface area (Å²) >= 11 is 0. The van der Waals surface area contributed by atoms with Gasteiger partial charge in [0.25, 0.3) is 5.60 Å². The van der Waals surface area contributed by atoms with Crippen molar-refractivity contribution in [3.63, 3.8) is 0 Å². The Balaban J connectivity index is 5.05. The van der Waals surface area contributed by atoms with Crippen molar-refractivity contribution in [2.45, 2.75) is 39.7 Å². The molecule has 0 aromatic carbocycles. The first-order valence-electron chi connectivity index (χ1n) is 4.78. The van der Waals surface area contributed by atoms with Crippen LogP contribution in [-0.4, -0.2) is 29.9 Å². The number of rotatable bonds is 5. The van der Waals surface area contributed by atoms with Crippen LogP contribution in [0.1, 0.15) is 34.1 Å². The summed E-state index contributed by atoms with van der Waals surface area (Å²) in [6.07, 6.45) is 0.0702. The van der Waals surface area contributed by atoms with Crippen molar-refractivity contribution in [1.82, 2.24) is 0 Å². The van der Waals surface area contributed by atoms with Gasteiger partial charge in [-0.1, -0.05) is 6.92 Å². The van der Waals surface area contributed by atoms with Crippen molar-refractivity contribution >= 4 is 17.7 Å². The van der Waals surface area contributed by atoms with Gasteiger partial charge in [-0.3, -0.25) is 9.59 Å². The Labute approximate surface area is 88.7 Å². The lowest BCUT2D eigenvalue weighted by Gasteiger charge is -2.26. The second-order valence-corrected chi connectivity index (χ2v) is 3.05. The fourth-order valence-electron chi connectivity index (χ4n) is 1.22. The van der Waals surface area contributed by atoms with E-state index in [2.05, 4.69) is 0 Å². The van der Waals surface area contributed by atoms with Gasteiger partial charge in [-0.05, 0) is 13.8 Å². The average Bonchev–Trinajstić information content (AvgIpc) is 2.13. The van der Waals surface area contributed by atoms with E-state index in [4.69, 9.17) is 9.47 Å². The van der Waals surface area contributed by atoms with E-state index in [-0.39, 0.29) is 13.0 Å². The van der Waals surface area contributed by atoms with Crippen LogP contribution in [0.2, 0.25) is 0 Å². The number of hydrogen-bond acceptors (Lipinski definition) is 5. The fraction of sp³-hybridized carbons (Fsp3) is 0.700. The van der Waals surface area contributed by atoms with Crippen LogP contribution in [0.3, 0.4) is 0 Å². The number of Topliss-reactive ketones (excluding diaryl/α,β-unsaturated/α-hetero) is 1. The Morgan fingerprint density at radius 3 is 1.93 bits per heavy atom. The van der Waals surface area contributed by atoms with Gasteiger partial charge in [0.2, 0.25) is 0 Å². The molecule has 0 spiro atoms. The smallest absolute Gasteiger partial charge is 0.358 e. The fourth-order valence-corrected chi connectivity index (χ4v) is 1.22. The lowest BCUT2D eigenvalue weighted by Crippen LogP contribution is -2.49. The van der Waals surface area contributed by atoms with Crippen LogP contribution in [0.15, 0.2) is 0 Å². The van der Waals surface area contributed by atoms with Gasteiger partial charge in [0.05, 0.1) is 6.61 Å². The molecule has 0 aromatic rings. The van der Waals surface area contributed by atoms with Crippen LogP contribution >= 0.6 is 0 Å². The molecule has 0 saturated carbocycles. The highest BCUT2D eigenvalue weighted by Crippen LogP contribution is 2.20. The minimum Gasteiger partial charge on any atom is -0.463 e. The van der Waals surface area contributed by atoms with E-state index in [1.54, 1.807) is 13.8 Å². The van der Waals surface area contributed by atoms with E-state index >= 15 is 0 Å². The molecule has 0 saturated heterocycles. The molecular formula is C10H16O5. The zero-order valence-electron chi connectivity index (χ0n) is 9.46. The maximum absolute atomic E-state index is 11.6. The Bertz CT molecular complexity index is 271. The maximum atomic E-state index is 11.6. The molecule has 1 atom stereocenters. The molecule has 0 fully saturated rings. The second kappa shape index (κ2) is 5.48. The molecule has 5 heteroatoms. The summed E-state index contributed by atoms with van der Waals surface area (Å²) in [6.45, 7) is 5.68. The van der Waals surface area contributed by atoms with Gasteiger partial charge in [-0.2, -0.15) is 0 Å². The summed E-state index contributed by atoms with van der Waals surface area (Å²) in [5.74, 6) is -2.02. The first-order valence-corrected chi connectivity index (χ1v) is 4.78. The van der Waals surface area contributed by atoms with E-state index in [9.17, 15) is 14.4 Å². The van der Waals surface area contributed by atoms with Crippen LogP contribution in [0.4, 0.5) is 0 Å². The Morgan fingerprint density at radius 2 is 1.67 bits per heavy atom. The molecule has 0 unspecified atom stereocenters. The van der Waals surface area contributed by atoms with Gasteiger partial charge in [0, 0.05) is 13.3 Å². The number of esters is 2. The van der Waals surface area contributed by atoms with Crippen LogP contribution in [0.5, 0.6) is 0 Å². The van der Waals surface area contributed by atoms with E-state index < -0.39 is 23.3 Å². The topological polar surface area (TPSA) is 69.7 Å². The average molecular weight is 216 g/mol. The van der Waals surface area contributed by atoms with Crippen molar-refractivity contribution in [2.75, 3.05) is 6.61 Å². The van der Waals surface area contributed by atoms with Gasteiger partial charge in [-0.15, -0.1) is 0 Å². The van der Waals surface area contributed by atoms with E-state index in [0.717, 1.165) is 6.92 Å². The molecule has 0 N–H and O–H groups in total. The Hall–Kier alpha value is -1.39. The predicted molar refractivity (Wildman–Crippen MR) is 52.1 cm³/mol. The van der Waals surface area contributed by atoms with Crippen molar-refractivity contribution in [3.8, 4) is 0 Å². The zero-order chi connectivity index (χ0) is 12.1. The van der Waals surface area contributed by atoms with Crippen LogP contribution in [0.25, 0.3) is 0 Å².